The predicted molar refractivity (Wildman–Crippen MR) is 86.2 cm³/mol. The summed E-state index contributed by atoms with van der Waals surface area (Å²) in [6.07, 6.45) is -1.19. The first kappa shape index (κ1) is 17.9. The van der Waals surface area contributed by atoms with E-state index >= 15 is 0 Å². The summed E-state index contributed by atoms with van der Waals surface area (Å²) in [7, 11) is -3.80. The lowest BCUT2D eigenvalue weighted by Crippen LogP contribution is -2.32. The fraction of sp³-hybridized carbons (Fsp3) is 0.133. The van der Waals surface area contributed by atoms with E-state index in [1.807, 2.05) is 0 Å². The average Bonchev–Trinajstić information content (AvgIpc) is 2.53. The van der Waals surface area contributed by atoms with Crippen molar-refractivity contribution in [2.45, 2.75) is 11.0 Å². The number of sulfonamides is 1. The molecular formula is C15H16FN3O4S. The Bertz CT molecular complexity index is 825. The molecule has 0 heterocycles. The molecule has 128 valence electrons. The van der Waals surface area contributed by atoms with Crippen LogP contribution in [0.5, 0.6) is 0 Å². The molecule has 0 aliphatic rings. The van der Waals surface area contributed by atoms with Gasteiger partial charge in [0.15, 0.2) is 0 Å². The summed E-state index contributed by atoms with van der Waals surface area (Å²) < 4.78 is 35.7. The van der Waals surface area contributed by atoms with E-state index in [4.69, 9.17) is 5.14 Å². The molecule has 2 aromatic carbocycles. The summed E-state index contributed by atoms with van der Waals surface area (Å²) in [5.41, 5.74) is 0.413. The summed E-state index contributed by atoms with van der Waals surface area (Å²) >= 11 is 0. The molecule has 9 heteroatoms. The molecule has 0 saturated heterocycles. The molecule has 0 aliphatic heterocycles. The lowest BCUT2D eigenvalue weighted by atomic mass is 10.1. The van der Waals surface area contributed by atoms with Gasteiger partial charge in [-0.05, 0) is 30.3 Å². The SMILES string of the molecule is NS(=O)(=O)c1ccc(NC(=O)NCC(O)c2ccccc2F)cc1. The van der Waals surface area contributed by atoms with Crippen LogP contribution >= 0.6 is 0 Å². The van der Waals surface area contributed by atoms with Gasteiger partial charge < -0.3 is 15.7 Å². The van der Waals surface area contributed by atoms with E-state index in [1.165, 1.54) is 42.5 Å². The molecule has 2 rings (SSSR count). The van der Waals surface area contributed by atoms with Crippen molar-refractivity contribution >= 4 is 21.7 Å². The van der Waals surface area contributed by atoms with Crippen molar-refractivity contribution in [3.05, 3.63) is 59.9 Å². The van der Waals surface area contributed by atoms with Gasteiger partial charge in [-0.25, -0.2) is 22.7 Å². The van der Waals surface area contributed by atoms with Crippen molar-refractivity contribution in [2.24, 2.45) is 5.14 Å². The van der Waals surface area contributed by atoms with Crippen LogP contribution in [0, 0.1) is 5.82 Å². The van der Waals surface area contributed by atoms with Crippen LogP contribution in [0.2, 0.25) is 0 Å². The molecule has 0 spiro atoms. The van der Waals surface area contributed by atoms with Crippen molar-refractivity contribution in [3.63, 3.8) is 0 Å². The number of rotatable bonds is 5. The lowest BCUT2D eigenvalue weighted by Gasteiger charge is -2.13. The lowest BCUT2D eigenvalue weighted by molar-refractivity contribution is 0.170. The fourth-order valence-corrected chi connectivity index (χ4v) is 2.46. The third kappa shape index (κ3) is 4.75. The monoisotopic (exact) mass is 353 g/mol. The number of hydrogen-bond donors (Lipinski definition) is 4. The summed E-state index contributed by atoms with van der Waals surface area (Å²) in [6, 6.07) is 10.3. The first-order valence-corrected chi connectivity index (χ1v) is 8.42. The van der Waals surface area contributed by atoms with E-state index in [1.54, 1.807) is 6.07 Å². The second-order valence-electron chi connectivity index (χ2n) is 4.94. The van der Waals surface area contributed by atoms with Crippen LogP contribution < -0.4 is 15.8 Å². The number of amides is 2. The number of anilines is 1. The Kier molecular flexibility index (Phi) is 5.50. The third-order valence-electron chi connectivity index (χ3n) is 3.16. The summed E-state index contributed by atoms with van der Waals surface area (Å²) in [5, 5.41) is 19.7. The maximum Gasteiger partial charge on any atom is 0.319 e. The van der Waals surface area contributed by atoms with Gasteiger partial charge in [-0.2, -0.15) is 0 Å². The summed E-state index contributed by atoms with van der Waals surface area (Å²) in [6.45, 7) is -0.192. The van der Waals surface area contributed by atoms with E-state index in [9.17, 15) is 22.7 Å². The number of primary sulfonamides is 1. The second kappa shape index (κ2) is 7.39. The number of hydrogen-bond acceptors (Lipinski definition) is 4. The van der Waals surface area contributed by atoms with Crippen LogP contribution in [0.1, 0.15) is 11.7 Å². The zero-order valence-corrected chi connectivity index (χ0v) is 13.3. The van der Waals surface area contributed by atoms with Gasteiger partial charge in [0.1, 0.15) is 5.82 Å². The molecule has 0 aliphatic carbocycles. The number of nitrogens with one attached hydrogen (secondary N) is 2. The van der Waals surface area contributed by atoms with Crippen LogP contribution in [0.3, 0.4) is 0 Å². The third-order valence-corrected chi connectivity index (χ3v) is 4.09. The predicted octanol–water partition coefficient (Wildman–Crippen LogP) is 1.33. The maximum atomic E-state index is 13.5. The van der Waals surface area contributed by atoms with E-state index < -0.39 is 28.0 Å². The van der Waals surface area contributed by atoms with Crippen LogP contribution in [0.4, 0.5) is 14.9 Å². The molecule has 0 saturated carbocycles. The maximum absolute atomic E-state index is 13.5. The molecule has 2 aromatic rings. The molecule has 7 nitrogen and oxygen atoms in total. The van der Waals surface area contributed by atoms with Gasteiger partial charge in [-0.3, -0.25) is 0 Å². The minimum absolute atomic E-state index is 0.0790. The summed E-state index contributed by atoms with van der Waals surface area (Å²) in [5.74, 6) is -0.564. The Morgan fingerprint density at radius 3 is 2.38 bits per heavy atom. The highest BCUT2D eigenvalue weighted by atomic mass is 32.2. The first-order chi connectivity index (χ1) is 11.3. The van der Waals surface area contributed by atoms with E-state index in [-0.39, 0.29) is 17.0 Å². The molecule has 0 radical (unpaired) electrons. The van der Waals surface area contributed by atoms with Crippen LogP contribution in [-0.4, -0.2) is 26.1 Å². The summed E-state index contributed by atoms with van der Waals surface area (Å²) in [4.78, 5) is 11.7. The molecule has 1 unspecified atom stereocenters. The number of nitrogens with two attached hydrogens (primary N) is 1. The molecule has 5 N–H and O–H groups in total. The Labute approximate surface area is 138 Å². The minimum atomic E-state index is -3.80. The standard InChI is InChI=1S/C15H16FN3O4S/c16-13-4-2-1-3-12(13)14(20)9-18-15(21)19-10-5-7-11(8-6-10)24(17,22)23/h1-8,14,20H,9H2,(H2,17,22,23)(H2,18,19,21). The Morgan fingerprint density at radius 1 is 1.17 bits per heavy atom. The Morgan fingerprint density at radius 2 is 1.79 bits per heavy atom. The number of halogens is 1. The van der Waals surface area contributed by atoms with Crippen molar-refractivity contribution in [3.8, 4) is 0 Å². The zero-order chi connectivity index (χ0) is 17.7. The second-order valence-corrected chi connectivity index (χ2v) is 6.50. The van der Waals surface area contributed by atoms with Gasteiger partial charge in [-0.15, -0.1) is 0 Å². The van der Waals surface area contributed by atoms with Crippen LogP contribution in [0.15, 0.2) is 53.4 Å². The number of benzene rings is 2. The fourth-order valence-electron chi connectivity index (χ4n) is 1.95. The van der Waals surface area contributed by atoms with Gasteiger partial charge in [0.2, 0.25) is 10.0 Å². The molecular weight excluding hydrogens is 337 g/mol. The number of carbonyl (C=O) groups is 1. The van der Waals surface area contributed by atoms with E-state index in [0.717, 1.165) is 0 Å². The zero-order valence-electron chi connectivity index (χ0n) is 12.4. The Balaban J connectivity index is 1.91. The van der Waals surface area contributed by atoms with E-state index in [2.05, 4.69) is 10.6 Å². The largest absolute Gasteiger partial charge is 0.386 e. The van der Waals surface area contributed by atoms with Crippen molar-refractivity contribution in [1.29, 1.82) is 0 Å². The normalized spacial score (nSPS) is 12.5. The molecule has 1 atom stereocenters. The number of aliphatic hydroxyl groups excluding tert-OH is 1. The average molecular weight is 353 g/mol. The minimum Gasteiger partial charge on any atom is -0.386 e. The molecule has 0 bridgehead atoms. The topological polar surface area (TPSA) is 122 Å². The Hall–Kier alpha value is -2.49. The number of urea groups is 1. The van der Waals surface area contributed by atoms with Gasteiger partial charge >= 0.3 is 6.03 Å². The molecule has 2 amide bonds. The van der Waals surface area contributed by atoms with Gasteiger partial charge in [0, 0.05) is 17.8 Å². The van der Waals surface area contributed by atoms with E-state index in [0.29, 0.717) is 5.69 Å². The highest BCUT2D eigenvalue weighted by molar-refractivity contribution is 7.89. The van der Waals surface area contributed by atoms with Gasteiger partial charge in [0.25, 0.3) is 0 Å². The molecule has 24 heavy (non-hydrogen) atoms. The van der Waals surface area contributed by atoms with Crippen molar-refractivity contribution in [1.82, 2.24) is 5.32 Å². The number of carbonyl (C=O) groups excluding carboxylic acids is 1. The highest BCUT2D eigenvalue weighted by Crippen LogP contribution is 2.16. The molecule has 0 aromatic heterocycles. The smallest absolute Gasteiger partial charge is 0.319 e. The van der Waals surface area contributed by atoms with Crippen molar-refractivity contribution in [2.75, 3.05) is 11.9 Å². The van der Waals surface area contributed by atoms with Crippen LogP contribution in [0.25, 0.3) is 0 Å². The van der Waals surface area contributed by atoms with Gasteiger partial charge in [0.05, 0.1) is 11.0 Å². The number of aliphatic hydroxyl groups is 1. The van der Waals surface area contributed by atoms with Crippen LogP contribution in [-0.2, 0) is 10.0 Å². The van der Waals surface area contributed by atoms with Crippen molar-refractivity contribution < 1.29 is 22.7 Å². The quantitative estimate of drug-likeness (QED) is 0.648. The van der Waals surface area contributed by atoms with Gasteiger partial charge in [-0.1, -0.05) is 18.2 Å². The molecule has 0 fully saturated rings. The first-order valence-electron chi connectivity index (χ1n) is 6.87. The highest BCUT2D eigenvalue weighted by Gasteiger charge is 2.13.